The molecular weight excluding hydrogens is 307 g/mol. The van der Waals surface area contributed by atoms with Gasteiger partial charge in [-0.1, -0.05) is 29.3 Å². The second-order valence-electron chi connectivity index (χ2n) is 3.74. The largest absolute Gasteiger partial charge is 0.265 e. The molecule has 19 heavy (non-hydrogen) atoms. The molecule has 0 spiro atoms. The van der Waals surface area contributed by atoms with Crippen LogP contribution in [0.2, 0.25) is 10.0 Å². The zero-order valence-corrected chi connectivity index (χ0v) is 12.2. The number of nitrogens with zero attached hydrogens (tertiary/aromatic N) is 2. The van der Waals surface area contributed by atoms with Gasteiger partial charge in [0.2, 0.25) is 0 Å². The molecule has 0 radical (unpaired) electrons. The molecule has 0 aliphatic rings. The van der Waals surface area contributed by atoms with Crippen molar-refractivity contribution in [2.45, 2.75) is 4.90 Å². The van der Waals surface area contributed by atoms with Gasteiger partial charge in [0.1, 0.15) is 5.82 Å². The number of pyridine rings is 1. The van der Waals surface area contributed by atoms with Gasteiger partial charge < -0.3 is 0 Å². The van der Waals surface area contributed by atoms with Crippen molar-refractivity contribution in [2.75, 3.05) is 11.4 Å². The van der Waals surface area contributed by atoms with Gasteiger partial charge in [-0.25, -0.2) is 13.4 Å². The number of halogens is 2. The van der Waals surface area contributed by atoms with E-state index >= 15 is 0 Å². The van der Waals surface area contributed by atoms with E-state index in [-0.39, 0.29) is 9.92 Å². The Kier molecular flexibility index (Phi) is 3.99. The van der Waals surface area contributed by atoms with Crippen molar-refractivity contribution in [3.63, 3.8) is 0 Å². The highest BCUT2D eigenvalue weighted by atomic mass is 35.5. The molecule has 1 aromatic carbocycles. The smallest absolute Gasteiger partial charge is 0.253 e. The molecule has 0 amide bonds. The summed E-state index contributed by atoms with van der Waals surface area (Å²) in [4.78, 5) is 4.06. The van der Waals surface area contributed by atoms with Crippen molar-refractivity contribution in [2.24, 2.45) is 0 Å². The van der Waals surface area contributed by atoms with E-state index in [1.165, 1.54) is 31.4 Å². The van der Waals surface area contributed by atoms with E-state index in [1.54, 1.807) is 18.2 Å². The highest BCUT2D eigenvalue weighted by Crippen LogP contribution is 2.27. The lowest BCUT2D eigenvalue weighted by molar-refractivity contribution is 0.594. The third kappa shape index (κ3) is 2.83. The van der Waals surface area contributed by atoms with E-state index in [0.29, 0.717) is 10.8 Å². The molecule has 0 fully saturated rings. The summed E-state index contributed by atoms with van der Waals surface area (Å²) in [5.74, 6) is 0.327. The van der Waals surface area contributed by atoms with Crippen LogP contribution in [-0.4, -0.2) is 20.4 Å². The van der Waals surface area contributed by atoms with Crippen molar-refractivity contribution in [3.05, 3.63) is 52.6 Å². The van der Waals surface area contributed by atoms with E-state index in [1.807, 2.05) is 0 Å². The van der Waals surface area contributed by atoms with Gasteiger partial charge in [0, 0.05) is 13.2 Å². The zero-order valence-electron chi connectivity index (χ0n) is 9.92. The summed E-state index contributed by atoms with van der Waals surface area (Å²) < 4.78 is 25.9. The lowest BCUT2D eigenvalue weighted by Crippen LogP contribution is -2.27. The quantitative estimate of drug-likeness (QED) is 0.873. The standard InChI is InChI=1S/C12H10Cl2N2O2S/c1-16(12-4-2-3-7-15-12)19(17,18)9-5-6-10(13)11(14)8-9/h2-8H,1H3. The van der Waals surface area contributed by atoms with Crippen LogP contribution < -0.4 is 4.31 Å². The maximum absolute atomic E-state index is 12.4. The molecule has 0 unspecified atom stereocenters. The average molecular weight is 317 g/mol. The fourth-order valence-electron chi connectivity index (χ4n) is 1.46. The molecule has 0 saturated carbocycles. The maximum Gasteiger partial charge on any atom is 0.265 e. The van der Waals surface area contributed by atoms with Crippen molar-refractivity contribution in [1.82, 2.24) is 4.98 Å². The average Bonchev–Trinajstić information content (AvgIpc) is 2.41. The summed E-state index contributed by atoms with van der Waals surface area (Å²) in [7, 11) is -2.27. The third-order valence-electron chi connectivity index (χ3n) is 2.52. The lowest BCUT2D eigenvalue weighted by Gasteiger charge is -2.18. The number of aromatic nitrogens is 1. The fourth-order valence-corrected chi connectivity index (χ4v) is 3.00. The molecule has 4 nitrogen and oxygen atoms in total. The van der Waals surface area contributed by atoms with Crippen LogP contribution in [0.15, 0.2) is 47.5 Å². The number of hydrogen-bond donors (Lipinski definition) is 0. The Hall–Kier alpha value is -1.30. The van der Waals surface area contributed by atoms with E-state index in [9.17, 15) is 8.42 Å². The molecule has 2 aromatic rings. The van der Waals surface area contributed by atoms with Gasteiger partial charge >= 0.3 is 0 Å². The second kappa shape index (κ2) is 5.36. The van der Waals surface area contributed by atoms with Crippen molar-refractivity contribution < 1.29 is 8.42 Å². The van der Waals surface area contributed by atoms with Gasteiger partial charge in [0.25, 0.3) is 10.0 Å². The molecule has 7 heteroatoms. The van der Waals surface area contributed by atoms with Crippen molar-refractivity contribution in [3.8, 4) is 0 Å². The zero-order chi connectivity index (χ0) is 14.0. The van der Waals surface area contributed by atoms with Crippen LogP contribution in [0.5, 0.6) is 0 Å². The minimum Gasteiger partial charge on any atom is -0.253 e. The van der Waals surface area contributed by atoms with E-state index in [2.05, 4.69) is 4.98 Å². The van der Waals surface area contributed by atoms with Crippen LogP contribution in [0.1, 0.15) is 0 Å². The van der Waals surface area contributed by atoms with Crippen LogP contribution in [-0.2, 0) is 10.0 Å². The second-order valence-corrected chi connectivity index (χ2v) is 6.52. The summed E-state index contributed by atoms with van der Waals surface area (Å²) in [6, 6.07) is 9.20. The molecule has 1 aromatic heterocycles. The Morgan fingerprint density at radius 1 is 1.11 bits per heavy atom. The first-order valence-corrected chi connectivity index (χ1v) is 7.47. The van der Waals surface area contributed by atoms with E-state index < -0.39 is 10.0 Å². The first-order chi connectivity index (χ1) is 8.93. The Morgan fingerprint density at radius 3 is 2.42 bits per heavy atom. The van der Waals surface area contributed by atoms with Gasteiger partial charge in [0.15, 0.2) is 0 Å². The van der Waals surface area contributed by atoms with E-state index in [4.69, 9.17) is 23.2 Å². The third-order valence-corrected chi connectivity index (χ3v) is 5.02. The minimum absolute atomic E-state index is 0.0649. The number of hydrogen-bond acceptors (Lipinski definition) is 3. The Balaban J connectivity index is 2.45. The monoisotopic (exact) mass is 316 g/mol. The molecule has 0 bridgehead atoms. The predicted octanol–water partition coefficient (Wildman–Crippen LogP) is 3.21. The molecule has 0 N–H and O–H groups in total. The topological polar surface area (TPSA) is 50.3 Å². The number of anilines is 1. The van der Waals surface area contributed by atoms with Gasteiger partial charge in [-0.2, -0.15) is 0 Å². The molecule has 1 heterocycles. The normalized spacial score (nSPS) is 11.3. The first-order valence-electron chi connectivity index (χ1n) is 5.28. The summed E-state index contributed by atoms with van der Waals surface area (Å²) >= 11 is 11.6. The van der Waals surface area contributed by atoms with Crippen LogP contribution in [0.4, 0.5) is 5.82 Å². The maximum atomic E-state index is 12.4. The highest BCUT2D eigenvalue weighted by molar-refractivity contribution is 7.92. The molecule has 0 saturated heterocycles. The Morgan fingerprint density at radius 2 is 1.84 bits per heavy atom. The first kappa shape index (κ1) is 14.1. The van der Waals surface area contributed by atoms with Crippen molar-refractivity contribution >= 4 is 39.0 Å². The molecule has 0 aliphatic carbocycles. The molecule has 0 aliphatic heterocycles. The van der Waals surface area contributed by atoms with E-state index in [0.717, 1.165) is 4.31 Å². The van der Waals surface area contributed by atoms with Crippen LogP contribution in [0.3, 0.4) is 0 Å². The minimum atomic E-state index is -3.70. The Labute approximate surface area is 121 Å². The van der Waals surface area contributed by atoms with Gasteiger partial charge in [-0.05, 0) is 30.3 Å². The molecule has 2 rings (SSSR count). The van der Waals surface area contributed by atoms with Gasteiger partial charge in [-0.15, -0.1) is 0 Å². The Bertz CT molecular complexity index is 690. The molecule has 100 valence electrons. The summed E-state index contributed by atoms with van der Waals surface area (Å²) in [5, 5.41) is 0.498. The van der Waals surface area contributed by atoms with Crippen LogP contribution in [0.25, 0.3) is 0 Å². The summed E-state index contributed by atoms with van der Waals surface area (Å²) in [5.41, 5.74) is 0. The fraction of sp³-hybridized carbons (Fsp3) is 0.0833. The number of sulfonamides is 1. The lowest BCUT2D eigenvalue weighted by atomic mass is 10.4. The van der Waals surface area contributed by atoms with Crippen LogP contribution in [0, 0.1) is 0 Å². The highest BCUT2D eigenvalue weighted by Gasteiger charge is 2.22. The SMILES string of the molecule is CN(c1ccccn1)S(=O)(=O)c1ccc(Cl)c(Cl)c1. The van der Waals surface area contributed by atoms with Gasteiger partial charge in [-0.3, -0.25) is 4.31 Å². The number of rotatable bonds is 3. The van der Waals surface area contributed by atoms with Crippen molar-refractivity contribution in [1.29, 1.82) is 0 Å². The summed E-state index contributed by atoms with van der Waals surface area (Å²) in [6.07, 6.45) is 1.52. The molecule has 0 atom stereocenters. The predicted molar refractivity (Wildman–Crippen MR) is 76.3 cm³/mol. The number of benzene rings is 1. The molecular formula is C12H10Cl2N2O2S. The van der Waals surface area contributed by atoms with Gasteiger partial charge in [0.05, 0.1) is 14.9 Å². The summed E-state index contributed by atoms with van der Waals surface area (Å²) in [6.45, 7) is 0. The van der Waals surface area contributed by atoms with Crippen LogP contribution >= 0.6 is 23.2 Å².